The van der Waals surface area contributed by atoms with E-state index in [1.165, 1.54) is 12.1 Å². The SMILES string of the molecule is O=C(O)c1ccc(C2CC(NC(=O)C3(c4ccc5c(c4)OC(F)(F)O5)CC3)CC(C3CC3)O2)cc1. The van der Waals surface area contributed by atoms with Gasteiger partial charge < -0.3 is 24.6 Å². The highest BCUT2D eigenvalue weighted by atomic mass is 19.3. The fourth-order valence-electron chi connectivity index (χ4n) is 5.24. The molecule has 3 atom stereocenters. The highest BCUT2D eigenvalue weighted by Crippen LogP contribution is 2.52. The van der Waals surface area contributed by atoms with Crippen molar-refractivity contribution in [3.8, 4) is 11.5 Å². The van der Waals surface area contributed by atoms with E-state index in [0.29, 0.717) is 37.2 Å². The number of rotatable bonds is 6. The molecule has 7 nitrogen and oxygen atoms in total. The number of carboxylic acids is 1. The van der Waals surface area contributed by atoms with Crippen molar-refractivity contribution in [2.24, 2.45) is 5.92 Å². The Morgan fingerprint density at radius 2 is 1.69 bits per heavy atom. The van der Waals surface area contributed by atoms with Gasteiger partial charge in [-0.25, -0.2) is 4.79 Å². The van der Waals surface area contributed by atoms with Gasteiger partial charge in [0.1, 0.15) is 0 Å². The molecule has 3 fully saturated rings. The molecule has 0 spiro atoms. The topological polar surface area (TPSA) is 94.1 Å². The number of hydrogen-bond acceptors (Lipinski definition) is 5. The van der Waals surface area contributed by atoms with Crippen LogP contribution in [0.2, 0.25) is 0 Å². The number of carbonyl (C=O) groups is 2. The van der Waals surface area contributed by atoms with Crippen molar-refractivity contribution in [1.82, 2.24) is 5.32 Å². The van der Waals surface area contributed by atoms with Crippen LogP contribution in [0.5, 0.6) is 11.5 Å². The second-order valence-corrected chi connectivity index (χ2v) is 9.98. The fourth-order valence-corrected chi connectivity index (χ4v) is 5.24. The van der Waals surface area contributed by atoms with Crippen LogP contribution in [0.4, 0.5) is 8.78 Å². The second kappa shape index (κ2) is 7.91. The van der Waals surface area contributed by atoms with Crippen LogP contribution in [0.1, 0.15) is 66.1 Å². The number of aromatic carboxylic acids is 1. The summed E-state index contributed by atoms with van der Waals surface area (Å²) in [6.45, 7) is 0. The third-order valence-electron chi connectivity index (χ3n) is 7.51. The maximum absolute atomic E-state index is 13.4. The van der Waals surface area contributed by atoms with E-state index in [9.17, 15) is 23.5 Å². The van der Waals surface area contributed by atoms with Crippen LogP contribution in [-0.4, -0.2) is 35.4 Å². The number of nitrogens with one attached hydrogen (secondary N) is 1. The summed E-state index contributed by atoms with van der Waals surface area (Å²) in [5.41, 5.74) is 0.979. The number of benzene rings is 2. The van der Waals surface area contributed by atoms with E-state index in [4.69, 9.17) is 4.74 Å². The zero-order valence-electron chi connectivity index (χ0n) is 18.8. The molecule has 0 aromatic heterocycles. The third kappa shape index (κ3) is 4.22. The van der Waals surface area contributed by atoms with E-state index < -0.39 is 17.7 Å². The van der Waals surface area contributed by atoms with E-state index in [-0.39, 0.29) is 41.2 Å². The van der Waals surface area contributed by atoms with Crippen molar-refractivity contribution < 1.29 is 37.7 Å². The number of carbonyl (C=O) groups excluding carboxylic acids is 1. The molecule has 184 valence electrons. The summed E-state index contributed by atoms with van der Waals surface area (Å²) in [6, 6.07) is 11.1. The molecular weight excluding hydrogens is 460 g/mol. The molecule has 2 aromatic carbocycles. The first kappa shape index (κ1) is 22.3. The van der Waals surface area contributed by atoms with E-state index in [1.807, 2.05) is 0 Å². The predicted molar refractivity (Wildman–Crippen MR) is 118 cm³/mol. The number of amides is 1. The number of alkyl halides is 2. The zero-order valence-corrected chi connectivity index (χ0v) is 18.8. The summed E-state index contributed by atoms with van der Waals surface area (Å²) in [5.74, 6) is -0.728. The Hall–Kier alpha value is -3.20. The molecule has 2 aliphatic carbocycles. The van der Waals surface area contributed by atoms with Crippen LogP contribution in [0.25, 0.3) is 0 Å². The van der Waals surface area contributed by atoms with Crippen molar-refractivity contribution in [2.75, 3.05) is 0 Å². The molecule has 9 heteroatoms. The highest BCUT2D eigenvalue weighted by molar-refractivity contribution is 5.91. The van der Waals surface area contributed by atoms with E-state index >= 15 is 0 Å². The molecule has 2 N–H and O–H groups in total. The van der Waals surface area contributed by atoms with Gasteiger partial charge in [0.15, 0.2) is 11.5 Å². The quantitative estimate of drug-likeness (QED) is 0.624. The van der Waals surface area contributed by atoms with Crippen LogP contribution in [-0.2, 0) is 14.9 Å². The van der Waals surface area contributed by atoms with Gasteiger partial charge in [-0.15, -0.1) is 8.78 Å². The van der Waals surface area contributed by atoms with Gasteiger partial charge in [0, 0.05) is 6.04 Å². The number of hydrogen-bond donors (Lipinski definition) is 2. The number of ether oxygens (including phenoxy) is 3. The Balaban J connectivity index is 1.19. The monoisotopic (exact) mass is 485 g/mol. The lowest BCUT2D eigenvalue weighted by atomic mass is 9.90. The molecule has 3 unspecified atom stereocenters. The van der Waals surface area contributed by atoms with Crippen LogP contribution < -0.4 is 14.8 Å². The van der Waals surface area contributed by atoms with Crippen LogP contribution >= 0.6 is 0 Å². The van der Waals surface area contributed by atoms with Crippen LogP contribution in [0, 0.1) is 5.92 Å². The molecule has 0 radical (unpaired) electrons. The zero-order chi connectivity index (χ0) is 24.4. The molecule has 1 saturated heterocycles. The van der Waals surface area contributed by atoms with Crippen molar-refractivity contribution in [1.29, 1.82) is 0 Å². The number of carboxylic acid groups (broad SMARTS) is 1. The Bertz CT molecular complexity index is 1170. The molecule has 4 aliphatic rings. The van der Waals surface area contributed by atoms with Crippen molar-refractivity contribution in [3.63, 3.8) is 0 Å². The summed E-state index contributed by atoms with van der Waals surface area (Å²) in [6.07, 6.45) is 0.829. The molecule has 1 amide bonds. The van der Waals surface area contributed by atoms with Gasteiger partial charge >= 0.3 is 12.3 Å². The molecule has 2 saturated carbocycles. The smallest absolute Gasteiger partial charge is 0.478 e. The minimum Gasteiger partial charge on any atom is -0.478 e. The fraction of sp³-hybridized carbons (Fsp3) is 0.462. The van der Waals surface area contributed by atoms with E-state index in [1.54, 1.807) is 30.3 Å². The summed E-state index contributed by atoms with van der Waals surface area (Å²) < 4.78 is 42.3. The molecule has 2 aliphatic heterocycles. The third-order valence-corrected chi connectivity index (χ3v) is 7.51. The molecule has 0 bridgehead atoms. The van der Waals surface area contributed by atoms with Crippen LogP contribution in [0.15, 0.2) is 42.5 Å². The maximum Gasteiger partial charge on any atom is 0.586 e. The highest BCUT2D eigenvalue weighted by Gasteiger charge is 2.53. The Morgan fingerprint density at radius 1 is 0.971 bits per heavy atom. The molecule has 2 heterocycles. The van der Waals surface area contributed by atoms with Crippen molar-refractivity contribution >= 4 is 11.9 Å². The minimum absolute atomic E-state index is 0.0288. The maximum atomic E-state index is 13.4. The lowest BCUT2D eigenvalue weighted by Crippen LogP contribution is -2.47. The van der Waals surface area contributed by atoms with Gasteiger partial charge in [-0.3, -0.25) is 4.79 Å². The van der Waals surface area contributed by atoms with Gasteiger partial charge in [0.25, 0.3) is 0 Å². The van der Waals surface area contributed by atoms with Gasteiger partial charge in [0.05, 0.1) is 23.2 Å². The Morgan fingerprint density at radius 3 is 2.34 bits per heavy atom. The first-order valence-corrected chi connectivity index (χ1v) is 11.9. The predicted octanol–water partition coefficient (Wildman–Crippen LogP) is 4.55. The number of halogens is 2. The number of fused-ring (bicyclic) bond motifs is 1. The first-order valence-electron chi connectivity index (χ1n) is 11.9. The molecule has 35 heavy (non-hydrogen) atoms. The van der Waals surface area contributed by atoms with Crippen LogP contribution in [0.3, 0.4) is 0 Å². The van der Waals surface area contributed by atoms with Gasteiger partial charge in [-0.05, 0) is 79.8 Å². The normalized spacial score (nSPS) is 27.8. The Kier molecular flexibility index (Phi) is 5.03. The summed E-state index contributed by atoms with van der Waals surface area (Å²) in [5, 5.41) is 12.4. The summed E-state index contributed by atoms with van der Waals surface area (Å²) in [7, 11) is 0. The average molecular weight is 485 g/mol. The first-order chi connectivity index (χ1) is 16.7. The molecular formula is C26H25F2NO6. The molecule has 2 aromatic rings. The summed E-state index contributed by atoms with van der Waals surface area (Å²) >= 11 is 0. The Labute approximate surface area is 200 Å². The van der Waals surface area contributed by atoms with Gasteiger partial charge in [-0.2, -0.15) is 0 Å². The van der Waals surface area contributed by atoms with Crippen molar-refractivity contribution in [3.05, 3.63) is 59.2 Å². The lowest BCUT2D eigenvalue weighted by molar-refractivity contribution is -0.286. The molecule has 6 rings (SSSR count). The second-order valence-electron chi connectivity index (χ2n) is 9.98. The lowest BCUT2D eigenvalue weighted by Gasteiger charge is -2.37. The summed E-state index contributed by atoms with van der Waals surface area (Å²) in [4.78, 5) is 24.6. The minimum atomic E-state index is -3.70. The van der Waals surface area contributed by atoms with E-state index in [2.05, 4.69) is 14.8 Å². The average Bonchev–Trinajstić information content (AvgIpc) is 3.74. The van der Waals surface area contributed by atoms with Gasteiger partial charge in [0.2, 0.25) is 5.91 Å². The largest absolute Gasteiger partial charge is 0.586 e. The standard InChI is InChI=1S/C26H25F2NO6/c27-26(28)34-19-8-7-17(11-22(19)35-26)25(9-10-25)24(32)29-18-12-20(14-1-2-14)33-21(13-18)15-3-5-16(6-4-15)23(30)31/h3-8,11,14,18,20-21H,1-2,9-10,12-13H2,(H,29,32)(H,30,31). The van der Waals surface area contributed by atoms with Gasteiger partial charge in [-0.1, -0.05) is 18.2 Å². The van der Waals surface area contributed by atoms with Crippen molar-refractivity contribution in [2.45, 2.75) is 68.5 Å². The van der Waals surface area contributed by atoms with E-state index in [0.717, 1.165) is 18.4 Å².